The van der Waals surface area contributed by atoms with E-state index in [-0.39, 0.29) is 11.0 Å². The standard InChI is InChI=1S/C24H26BrN3O/c1-3-24(4-2)17-14-16(15-10-12-26-13-11-15)8-9-19(17)28-20-7-5-6-18(25)21(20)22(29)27-23(24)28/h5-9,14-15,26H,3-4,10-13H2,1-2H3. The van der Waals surface area contributed by atoms with Gasteiger partial charge >= 0.3 is 0 Å². The summed E-state index contributed by atoms with van der Waals surface area (Å²) in [5.41, 5.74) is 4.52. The average Bonchev–Trinajstić information content (AvgIpc) is 3.03. The number of piperidine rings is 1. The first-order valence-corrected chi connectivity index (χ1v) is 11.5. The molecule has 5 heteroatoms. The van der Waals surface area contributed by atoms with Gasteiger partial charge < -0.3 is 5.32 Å². The summed E-state index contributed by atoms with van der Waals surface area (Å²) in [6.45, 7) is 6.61. The number of aromatic nitrogens is 2. The summed E-state index contributed by atoms with van der Waals surface area (Å²) in [5, 5.41) is 4.13. The van der Waals surface area contributed by atoms with Crippen LogP contribution < -0.4 is 10.9 Å². The Bertz CT molecular complexity index is 1160. The van der Waals surface area contributed by atoms with Crippen molar-refractivity contribution in [3.63, 3.8) is 0 Å². The third kappa shape index (κ3) is 2.67. The van der Waals surface area contributed by atoms with Crippen LogP contribution in [0.2, 0.25) is 0 Å². The largest absolute Gasteiger partial charge is 0.317 e. The highest BCUT2D eigenvalue weighted by Crippen LogP contribution is 2.48. The van der Waals surface area contributed by atoms with Crippen molar-refractivity contribution in [2.45, 2.75) is 50.9 Å². The van der Waals surface area contributed by atoms with Gasteiger partial charge in [-0.1, -0.05) is 32.0 Å². The Kier molecular flexibility index (Phi) is 4.63. The highest BCUT2D eigenvalue weighted by atomic mass is 79.9. The monoisotopic (exact) mass is 451 g/mol. The van der Waals surface area contributed by atoms with E-state index in [0.717, 1.165) is 41.7 Å². The molecular formula is C24H26BrN3O. The Morgan fingerprint density at radius 2 is 1.93 bits per heavy atom. The molecule has 0 radical (unpaired) electrons. The van der Waals surface area contributed by atoms with E-state index in [1.165, 1.54) is 29.7 Å². The molecule has 2 aromatic carbocycles. The molecule has 2 aliphatic rings. The molecule has 2 aliphatic heterocycles. The molecule has 0 atom stereocenters. The quantitative estimate of drug-likeness (QED) is 0.606. The van der Waals surface area contributed by atoms with Crippen LogP contribution in [0.3, 0.4) is 0 Å². The van der Waals surface area contributed by atoms with Crippen molar-refractivity contribution in [2.24, 2.45) is 0 Å². The van der Waals surface area contributed by atoms with E-state index in [4.69, 9.17) is 0 Å². The minimum atomic E-state index is -0.214. The molecule has 0 unspecified atom stereocenters. The van der Waals surface area contributed by atoms with E-state index >= 15 is 0 Å². The third-order valence-electron chi connectivity index (χ3n) is 7.09. The number of hydrogen-bond donors (Lipinski definition) is 1. The van der Waals surface area contributed by atoms with E-state index < -0.39 is 0 Å². The fourth-order valence-corrected chi connectivity index (χ4v) is 5.93. The second kappa shape index (κ2) is 7.06. The van der Waals surface area contributed by atoms with Gasteiger partial charge in [-0.2, -0.15) is 4.98 Å². The summed E-state index contributed by atoms with van der Waals surface area (Å²) in [4.78, 5) is 17.6. The Morgan fingerprint density at radius 1 is 1.17 bits per heavy atom. The van der Waals surface area contributed by atoms with Gasteiger partial charge in [0.2, 0.25) is 0 Å². The lowest BCUT2D eigenvalue weighted by molar-refractivity contribution is 0.452. The maximum atomic E-state index is 13.0. The summed E-state index contributed by atoms with van der Waals surface area (Å²) in [6.07, 6.45) is 4.22. The van der Waals surface area contributed by atoms with Crippen molar-refractivity contribution < 1.29 is 0 Å². The van der Waals surface area contributed by atoms with Crippen molar-refractivity contribution in [1.82, 2.24) is 14.9 Å². The van der Waals surface area contributed by atoms with Crippen LogP contribution in [0.5, 0.6) is 0 Å². The van der Waals surface area contributed by atoms with E-state index in [1.807, 2.05) is 18.2 Å². The van der Waals surface area contributed by atoms with E-state index in [9.17, 15) is 4.79 Å². The summed E-state index contributed by atoms with van der Waals surface area (Å²) >= 11 is 3.56. The summed E-state index contributed by atoms with van der Waals surface area (Å²) in [6, 6.07) is 12.9. The molecule has 0 amide bonds. The lowest BCUT2D eigenvalue weighted by Gasteiger charge is -2.28. The summed E-state index contributed by atoms with van der Waals surface area (Å²) in [5.74, 6) is 1.51. The van der Waals surface area contributed by atoms with E-state index in [2.05, 4.69) is 62.8 Å². The molecule has 29 heavy (non-hydrogen) atoms. The molecule has 0 saturated carbocycles. The highest BCUT2D eigenvalue weighted by Gasteiger charge is 2.43. The first kappa shape index (κ1) is 19.0. The number of nitrogens with zero attached hydrogens (tertiary/aromatic N) is 2. The fraction of sp³-hybridized carbons (Fsp3) is 0.417. The van der Waals surface area contributed by atoms with Gasteiger partial charge in [0.05, 0.1) is 22.0 Å². The van der Waals surface area contributed by atoms with Gasteiger partial charge in [-0.25, -0.2) is 0 Å². The highest BCUT2D eigenvalue weighted by molar-refractivity contribution is 9.10. The second-order valence-electron chi connectivity index (χ2n) is 8.30. The van der Waals surface area contributed by atoms with Crippen LogP contribution in [0.25, 0.3) is 16.6 Å². The molecular weight excluding hydrogens is 426 g/mol. The van der Waals surface area contributed by atoms with Gasteiger partial charge in [0.25, 0.3) is 5.56 Å². The normalized spacial score (nSPS) is 18.0. The zero-order valence-electron chi connectivity index (χ0n) is 17.0. The lowest BCUT2D eigenvalue weighted by atomic mass is 9.75. The van der Waals surface area contributed by atoms with Gasteiger partial charge in [0.1, 0.15) is 5.82 Å². The molecule has 1 fully saturated rings. The lowest BCUT2D eigenvalue weighted by Crippen LogP contribution is -2.29. The van der Waals surface area contributed by atoms with Gasteiger partial charge in [-0.3, -0.25) is 9.36 Å². The average molecular weight is 452 g/mol. The van der Waals surface area contributed by atoms with Crippen LogP contribution in [0.4, 0.5) is 0 Å². The van der Waals surface area contributed by atoms with Gasteiger partial charge in [0, 0.05) is 4.47 Å². The zero-order valence-corrected chi connectivity index (χ0v) is 18.6. The smallest absolute Gasteiger partial charge is 0.281 e. The molecule has 0 bridgehead atoms. The molecule has 3 aromatic rings. The first-order chi connectivity index (χ1) is 14.1. The topological polar surface area (TPSA) is 46.9 Å². The molecule has 5 rings (SSSR count). The SMILES string of the molecule is CCC1(CC)c2cc(C3CCNCC3)ccc2-n2c1nc(=O)c1c(Br)cccc12. The summed E-state index contributed by atoms with van der Waals surface area (Å²) in [7, 11) is 0. The third-order valence-corrected chi connectivity index (χ3v) is 7.75. The molecule has 0 aliphatic carbocycles. The fourth-order valence-electron chi connectivity index (χ4n) is 5.40. The molecule has 1 N–H and O–H groups in total. The predicted molar refractivity (Wildman–Crippen MR) is 121 cm³/mol. The summed E-state index contributed by atoms with van der Waals surface area (Å²) < 4.78 is 3.04. The van der Waals surface area contributed by atoms with Crippen LogP contribution >= 0.6 is 15.9 Å². The first-order valence-electron chi connectivity index (χ1n) is 10.7. The van der Waals surface area contributed by atoms with Crippen molar-refractivity contribution in [3.05, 3.63) is 68.2 Å². The number of hydrogen-bond acceptors (Lipinski definition) is 3. The van der Waals surface area contributed by atoms with Gasteiger partial charge in [-0.05, 0) is 89.9 Å². The molecule has 0 spiro atoms. The maximum absolute atomic E-state index is 13.0. The van der Waals surface area contributed by atoms with Crippen LogP contribution in [0.15, 0.2) is 45.7 Å². The van der Waals surface area contributed by atoms with Crippen LogP contribution in [0.1, 0.15) is 62.4 Å². The number of fused-ring (bicyclic) bond motifs is 5. The van der Waals surface area contributed by atoms with E-state index in [1.54, 1.807) is 0 Å². The zero-order chi connectivity index (χ0) is 20.2. The van der Waals surface area contributed by atoms with Crippen molar-refractivity contribution in [1.29, 1.82) is 0 Å². The van der Waals surface area contributed by atoms with Crippen molar-refractivity contribution in [2.75, 3.05) is 13.1 Å². The Labute approximate surface area is 179 Å². The Hall–Kier alpha value is -1.98. The molecule has 1 saturated heterocycles. The minimum Gasteiger partial charge on any atom is -0.317 e. The minimum absolute atomic E-state index is 0.142. The number of halogens is 1. The predicted octanol–water partition coefficient (Wildman–Crippen LogP) is 5.03. The number of benzene rings is 2. The molecule has 4 nitrogen and oxygen atoms in total. The van der Waals surface area contributed by atoms with Gasteiger partial charge in [0.15, 0.2) is 0 Å². The van der Waals surface area contributed by atoms with Crippen LogP contribution in [-0.4, -0.2) is 22.6 Å². The molecule has 150 valence electrons. The van der Waals surface area contributed by atoms with Gasteiger partial charge in [-0.15, -0.1) is 0 Å². The molecule has 3 heterocycles. The second-order valence-corrected chi connectivity index (χ2v) is 9.15. The maximum Gasteiger partial charge on any atom is 0.281 e. The van der Waals surface area contributed by atoms with Crippen LogP contribution in [-0.2, 0) is 5.41 Å². The van der Waals surface area contributed by atoms with Crippen molar-refractivity contribution >= 4 is 26.8 Å². The Balaban J connectivity index is 1.81. The number of rotatable bonds is 3. The van der Waals surface area contributed by atoms with E-state index in [0.29, 0.717) is 11.3 Å². The number of nitrogens with one attached hydrogen (secondary N) is 1. The Morgan fingerprint density at radius 3 is 2.66 bits per heavy atom. The van der Waals surface area contributed by atoms with Crippen LogP contribution in [0, 0.1) is 0 Å². The molecule has 1 aromatic heterocycles. The van der Waals surface area contributed by atoms with Crippen molar-refractivity contribution in [3.8, 4) is 5.69 Å².